The molecule has 7 heteroatoms. The molecule has 0 amide bonds. The highest BCUT2D eigenvalue weighted by Crippen LogP contribution is 2.17. The number of aliphatic carboxylic acids is 1. The van der Waals surface area contributed by atoms with Gasteiger partial charge in [0.2, 0.25) is 5.82 Å². The lowest BCUT2D eigenvalue weighted by Gasteiger charge is -2.22. The van der Waals surface area contributed by atoms with E-state index in [1.54, 1.807) is 7.05 Å². The molecule has 0 spiro atoms. The van der Waals surface area contributed by atoms with Gasteiger partial charge in [-0.15, -0.1) is 10.2 Å². The van der Waals surface area contributed by atoms with Crippen molar-refractivity contribution in [3.63, 3.8) is 0 Å². The average molecular weight is 261 g/mol. The van der Waals surface area contributed by atoms with Crippen molar-refractivity contribution in [2.75, 3.05) is 0 Å². The Labute approximate surface area is 110 Å². The predicted octanol–water partition coefficient (Wildman–Crippen LogP) is 0.300. The van der Waals surface area contributed by atoms with Gasteiger partial charge in [0.15, 0.2) is 5.54 Å². The van der Waals surface area contributed by atoms with Crippen LogP contribution in [0.4, 0.5) is 0 Å². The first-order valence-electron chi connectivity index (χ1n) is 5.79. The zero-order chi connectivity index (χ0) is 13.9. The third-order valence-corrected chi connectivity index (χ3v) is 2.87. The van der Waals surface area contributed by atoms with Crippen molar-refractivity contribution in [3.05, 3.63) is 41.7 Å². The molecule has 0 aliphatic heterocycles. The van der Waals surface area contributed by atoms with E-state index in [1.807, 2.05) is 30.3 Å². The number of hydrogen-bond acceptors (Lipinski definition) is 5. The summed E-state index contributed by atoms with van der Waals surface area (Å²) in [6.45, 7) is 1.93. The molecule has 2 aromatic rings. The summed E-state index contributed by atoms with van der Waals surface area (Å²) in [5, 5.41) is 23.8. The Bertz CT molecular complexity index is 569. The summed E-state index contributed by atoms with van der Waals surface area (Å²) in [5.41, 5.74) is -0.386. The van der Waals surface area contributed by atoms with Gasteiger partial charge in [0.1, 0.15) is 0 Å². The van der Waals surface area contributed by atoms with E-state index >= 15 is 0 Å². The first-order valence-corrected chi connectivity index (χ1v) is 5.79. The van der Waals surface area contributed by atoms with Crippen LogP contribution in [0.5, 0.6) is 0 Å². The van der Waals surface area contributed by atoms with Gasteiger partial charge in [0.05, 0.1) is 7.05 Å². The van der Waals surface area contributed by atoms with Crippen LogP contribution in [0.25, 0.3) is 0 Å². The van der Waals surface area contributed by atoms with E-state index in [1.165, 1.54) is 11.7 Å². The third kappa shape index (κ3) is 2.76. The van der Waals surface area contributed by atoms with E-state index in [4.69, 9.17) is 0 Å². The summed E-state index contributed by atoms with van der Waals surface area (Å²) >= 11 is 0. The van der Waals surface area contributed by atoms with Crippen molar-refractivity contribution in [3.8, 4) is 0 Å². The lowest BCUT2D eigenvalue weighted by Crippen LogP contribution is -2.47. The summed E-state index contributed by atoms with van der Waals surface area (Å²) in [6.07, 6.45) is 0. The summed E-state index contributed by atoms with van der Waals surface area (Å²) in [6, 6.07) is 9.54. The second kappa shape index (κ2) is 5.15. The number of benzene rings is 1. The van der Waals surface area contributed by atoms with Crippen molar-refractivity contribution in [2.24, 2.45) is 7.05 Å². The predicted molar refractivity (Wildman–Crippen MR) is 67.1 cm³/mol. The first-order chi connectivity index (χ1) is 9.02. The zero-order valence-corrected chi connectivity index (χ0v) is 10.7. The number of nitrogens with zero attached hydrogens (tertiary/aromatic N) is 4. The molecule has 0 aliphatic carbocycles. The molecule has 2 N–H and O–H groups in total. The Kier molecular flexibility index (Phi) is 3.57. The lowest BCUT2D eigenvalue weighted by molar-refractivity contribution is -0.145. The molecule has 19 heavy (non-hydrogen) atoms. The van der Waals surface area contributed by atoms with E-state index in [2.05, 4.69) is 20.7 Å². The summed E-state index contributed by atoms with van der Waals surface area (Å²) < 4.78 is 0. The minimum Gasteiger partial charge on any atom is -0.480 e. The van der Waals surface area contributed by atoms with Crippen LogP contribution in [0.2, 0.25) is 0 Å². The molecule has 1 atom stereocenters. The normalized spacial score (nSPS) is 14.0. The van der Waals surface area contributed by atoms with E-state index in [9.17, 15) is 9.90 Å². The van der Waals surface area contributed by atoms with E-state index in [0.29, 0.717) is 6.54 Å². The van der Waals surface area contributed by atoms with Crippen molar-refractivity contribution < 1.29 is 9.90 Å². The smallest absolute Gasteiger partial charge is 0.331 e. The van der Waals surface area contributed by atoms with Gasteiger partial charge in [-0.3, -0.25) is 5.32 Å². The number of rotatable bonds is 5. The van der Waals surface area contributed by atoms with E-state index < -0.39 is 11.5 Å². The van der Waals surface area contributed by atoms with Crippen LogP contribution < -0.4 is 5.32 Å². The molecule has 2 rings (SSSR count). The van der Waals surface area contributed by atoms with Crippen LogP contribution in [0, 0.1) is 0 Å². The van der Waals surface area contributed by atoms with Gasteiger partial charge in [-0.25, -0.2) is 4.79 Å². The second-order valence-electron chi connectivity index (χ2n) is 4.37. The standard InChI is InChI=1S/C12H15N5O2/c1-12(11(18)19,10-14-16-17(2)15-10)13-8-9-6-4-3-5-7-9/h3-7,13H,8H2,1-2H3,(H,18,19). The minimum atomic E-state index is -1.37. The summed E-state index contributed by atoms with van der Waals surface area (Å²) in [5.74, 6) is -0.908. The Balaban J connectivity index is 2.19. The van der Waals surface area contributed by atoms with E-state index in [0.717, 1.165) is 5.56 Å². The molecule has 7 nitrogen and oxygen atoms in total. The van der Waals surface area contributed by atoms with Crippen LogP contribution in [0.3, 0.4) is 0 Å². The molecule has 0 fully saturated rings. The average Bonchev–Trinajstić information content (AvgIpc) is 2.84. The van der Waals surface area contributed by atoms with Crippen LogP contribution in [-0.2, 0) is 23.9 Å². The van der Waals surface area contributed by atoms with Gasteiger partial charge >= 0.3 is 5.97 Å². The summed E-state index contributed by atoms with van der Waals surface area (Å²) in [7, 11) is 1.59. The molecule has 0 aliphatic rings. The number of aromatic nitrogens is 4. The third-order valence-electron chi connectivity index (χ3n) is 2.87. The van der Waals surface area contributed by atoms with Crippen molar-refractivity contribution in [1.29, 1.82) is 0 Å². The maximum absolute atomic E-state index is 11.5. The van der Waals surface area contributed by atoms with Gasteiger partial charge in [-0.1, -0.05) is 30.3 Å². The highest BCUT2D eigenvalue weighted by atomic mass is 16.4. The van der Waals surface area contributed by atoms with Gasteiger partial charge in [0.25, 0.3) is 0 Å². The maximum Gasteiger partial charge on any atom is 0.331 e. The monoisotopic (exact) mass is 261 g/mol. The van der Waals surface area contributed by atoms with Gasteiger partial charge in [0, 0.05) is 6.54 Å². The fraction of sp³-hybridized carbons (Fsp3) is 0.333. The highest BCUT2D eigenvalue weighted by molar-refractivity contribution is 5.78. The molecule has 1 unspecified atom stereocenters. The van der Waals surface area contributed by atoms with Crippen molar-refractivity contribution >= 4 is 5.97 Å². The van der Waals surface area contributed by atoms with Gasteiger partial charge in [-0.05, 0) is 17.7 Å². The number of hydrogen-bond donors (Lipinski definition) is 2. The number of nitrogens with one attached hydrogen (secondary N) is 1. The van der Waals surface area contributed by atoms with Crippen LogP contribution in [-0.4, -0.2) is 31.3 Å². The number of tetrazole rings is 1. The molecule has 0 bridgehead atoms. The number of carbonyl (C=O) groups is 1. The Hall–Kier alpha value is -2.28. The SMILES string of the molecule is Cn1nnc(C(C)(NCc2ccccc2)C(=O)O)n1. The van der Waals surface area contributed by atoms with Crippen molar-refractivity contribution in [1.82, 2.24) is 25.5 Å². The Morgan fingerprint density at radius 2 is 2.11 bits per heavy atom. The number of carboxylic acids is 1. The van der Waals surface area contributed by atoms with Crippen LogP contribution in [0.1, 0.15) is 18.3 Å². The topological polar surface area (TPSA) is 92.9 Å². The molecular weight excluding hydrogens is 246 g/mol. The molecule has 0 radical (unpaired) electrons. The highest BCUT2D eigenvalue weighted by Gasteiger charge is 2.39. The summed E-state index contributed by atoms with van der Waals surface area (Å²) in [4.78, 5) is 12.7. The fourth-order valence-electron chi connectivity index (χ4n) is 1.61. The van der Waals surface area contributed by atoms with Crippen LogP contribution in [0.15, 0.2) is 30.3 Å². The molecule has 1 aromatic carbocycles. The Morgan fingerprint density at radius 3 is 2.63 bits per heavy atom. The molecule has 0 saturated heterocycles. The first kappa shape index (κ1) is 13.2. The molecular formula is C12H15N5O2. The minimum absolute atomic E-state index is 0.137. The maximum atomic E-state index is 11.5. The molecule has 1 heterocycles. The molecule has 100 valence electrons. The van der Waals surface area contributed by atoms with Crippen molar-refractivity contribution in [2.45, 2.75) is 19.0 Å². The molecule has 0 saturated carbocycles. The number of aryl methyl sites for hydroxylation is 1. The van der Waals surface area contributed by atoms with E-state index in [-0.39, 0.29) is 5.82 Å². The quantitative estimate of drug-likeness (QED) is 0.804. The Morgan fingerprint density at radius 1 is 1.42 bits per heavy atom. The number of carboxylic acid groups (broad SMARTS) is 1. The van der Waals surface area contributed by atoms with Gasteiger partial charge < -0.3 is 5.11 Å². The lowest BCUT2D eigenvalue weighted by atomic mass is 10.0. The fourth-order valence-corrected chi connectivity index (χ4v) is 1.61. The molecule has 1 aromatic heterocycles. The van der Waals surface area contributed by atoms with Crippen LogP contribution >= 0.6 is 0 Å². The zero-order valence-electron chi connectivity index (χ0n) is 10.7. The van der Waals surface area contributed by atoms with Gasteiger partial charge in [-0.2, -0.15) is 4.80 Å². The second-order valence-corrected chi connectivity index (χ2v) is 4.37. The largest absolute Gasteiger partial charge is 0.480 e.